The van der Waals surface area contributed by atoms with Gasteiger partial charge >= 0.3 is 5.97 Å². The van der Waals surface area contributed by atoms with E-state index in [0.29, 0.717) is 37.3 Å². The molecule has 2 heterocycles. The molecule has 2 saturated heterocycles. The van der Waals surface area contributed by atoms with Gasteiger partial charge in [0.15, 0.2) is 0 Å². The Kier molecular flexibility index (Phi) is 5.12. The number of carbonyl (C=O) groups is 5. The van der Waals surface area contributed by atoms with Gasteiger partial charge in [-0.25, -0.2) is 4.79 Å². The fourth-order valence-corrected chi connectivity index (χ4v) is 3.81. The Morgan fingerprint density at radius 2 is 1.60 bits per heavy atom. The van der Waals surface area contributed by atoms with Gasteiger partial charge in [-0.3, -0.25) is 24.1 Å². The zero-order chi connectivity index (χ0) is 18.1. The van der Waals surface area contributed by atoms with Crippen LogP contribution in [0.2, 0.25) is 0 Å². The van der Waals surface area contributed by atoms with E-state index in [4.69, 9.17) is 4.84 Å². The number of carbonyl (C=O) groups excluding carboxylic acids is 5. The quantitative estimate of drug-likeness (QED) is 0.571. The highest BCUT2D eigenvalue weighted by Gasteiger charge is 2.39. The first-order valence-electron chi connectivity index (χ1n) is 8.46. The monoisotopic (exact) mass is 368 g/mol. The van der Waals surface area contributed by atoms with E-state index in [0.717, 1.165) is 0 Å². The highest BCUT2D eigenvalue weighted by Crippen LogP contribution is 2.32. The second-order valence-corrected chi connectivity index (χ2v) is 7.40. The van der Waals surface area contributed by atoms with Gasteiger partial charge < -0.3 is 4.84 Å². The molecule has 0 radical (unpaired) electrons. The van der Waals surface area contributed by atoms with Crippen molar-refractivity contribution in [1.29, 1.82) is 0 Å². The van der Waals surface area contributed by atoms with Crippen LogP contribution in [0.1, 0.15) is 44.9 Å². The molecule has 0 aromatic rings. The number of thiol groups is 1. The summed E-state index contributed by atoms with van der Waals surface area (Å²) in [5.41, 5.74) is 0. The van der Waals surface area contributed by atoms with Crippen LogP contribution in [0.25, 0.3) is 0 Å². The summed E-state index contributed by atoms with van der Waals surface area (Å²) in [6, 6.07) is 0. The Morgan fingerprint density at radius 1 is 1.00 bits per heavy atom. The highest BCUT2D eigenvalue weighted by molar-refractivity contribution is 7.81. The third-order valence-corrected chi connectivity index (χ3v) is 5.43. The number of rotatable bonds is 4. The summed E-state index contributed by atoms with van der Waals surface area (Å²) in [6.45, 7) is 0.361. The second kappa shape index (κ2) is 7.15. The van der Waals surface area contributed by atoms with E-state index in [-0.39, 0.29) is 42.9 Å². The molecule has 3 fully saturated rings. The molecule has 1 unspecified atom stereocenters. The average molecular weight is 368 g/mol. The lowest BCUT2D eigenvalue weighted by Gasteiger charge is -2.30. The van der Waals surface area contributed by atoms with Gasteiger partial charge in [0.25, 0.3) is 11.8 Å². The number of nitrogens with zero attached hydrogens (tertiary/aromatic N) is 2. The van der Waals surface area contributed by atoms with E-state index < -0.39 is 23.0 Å². The van der Waals surface area contributed by atoms with Crippen molar-refractivity contribution in [3.8, 4) is 0 Å². The molecular formula is C16H20N2O6S. The molecule has 1 saturated carbocycles. The first kappa shape index (κ1) is 17.9. The molecule has 1 atom stereocenters. The minimum atomic E-state index is -0.564. The number of amides is 4. The molecule has 1 aliphatic carbocycles. The summed E-state index contributed by atoms with van der Waals surface area (Å²) in [7, 11) is 0. The van der Waals surface area contributed by atoms with Gasteiger partial charge in [0.2, 0.25) is 11.8 Å². The van der Waals surface area contributed by atoms with Crippen LogP contribution in [0.4, 0.5) is 0 Å². The number of hydrogen-bond donors (Lipinski definition) is 1. The summed E-state index contributed by atoms with van der Waals surface area (Å²) in [5, 5.41) is 0.0253. The van der Waals surface area contributed by atoms with Gasteiger partial charge in [0, 0.05) is 25.8 Å². The number of hydrogen-bond acceptors (Lipinski definition) is 7. The van der Waals surface area contributed by atoms with Gasteiger partial charge in [-0.05, 0) is 31.6 Å². The summed E-state index contributed by atoms with van der Waals surface area (Å²) < 4.78 is 0. The van der Waals surface area contributed by atoms with Gasteiger partial charge in [-0.15, -0.1) is 5.06 Å². The van der Waals surface area contributed by atoms with Crippen LogP contribution in [0.5, 0.6) is 0 Å². The third-order valence-electron chi connectivity index (χ3n) is 5.03. The molecule has 0 spiro atoms. The van der Waals surface area contributed by atoms with E-state index in [9.17, 15) is 24.0 Å². The largest absolute Gasteiger partial charge is 0.336 e. The van der Waals surface area contributed by atoms with E-state index in [1.165, 1.54) is 4.90 Å². The first-order valence-corrected chi connectivity index (χ1v) is 8.98. The molecule has 136 valence electrons. The van der Waals surface area contributed by atoms with E-state index in [2.05, 4.69) is 12.6 Å². The normalized spacial score (nSPS) is 30.4. The van der Waals surface area contributed by atoms with E-state index >= 15 is 0 Å². The van der Waals surface area contributed by atoms with Crippen LogP contribution in [-0.4, -0.2) is 51.4 Å². The predicted octanol–water partition coefficient (Wildman–Crippen LogP) is 0.457. The van der Waals surface area contributed by atoms with Crippen LogP contribution in [0, 0.1) is 11.8 Å². The Hall–Kier alpha value is -1.90. The Balaban J connectivity index is 1.48. The fourth-order valence-electron chi connectivity index (χ4n) is 3.52. The summed E-state index contributed by atoms with van der Waals surface area (Å²) in [5.74, 6) is -2.21. The smallest absolute Gasteiger partial charge is 0.330 e. The van der Waals surface area contributed by atoms with E-state index in [1.807, 2.05) is 0 Å². The van der Waals surface area contributed by atoms with Crippen molar-refractivity contribution in [3.63, 3.8) is 0 Å². The maximum Gasteiger partial charge on any atom is 0.336 e. The van der Waals surface area contributed by atoms with Gasteiger partial charge in [0.05, 0.1) is 11.2 Å². The van der Waals surface area contributed by atoms with Crippen molar-refractivity contribution in [2.45, 2.75) is 50.2 Å². The number of likely N-dealkylation sites (tertiary alicyclic amines) is 1. The molecule has 4 amide bonds. The molecule has 0 aromatic carbocycles. The second-order valence-electron chi connectivity index (χ2n) is 6.77. The lowest BCUT2D eigenvalue weighted by atomic mass is 9.82. The van der Waals surface area contributed by atoms with Crippen molar-refractivity contribution in [1.82, 2.24) is 9.96 Å². The van der Waals surface area contributed by atoms with E-state index in [1.54, 1.807) is 0 Å². The lowest BCUT2D eigenvalue weighted by molar-refractivity contribution is -0.201. The SMILES string of the molecule is O=C(ON1C(=O)CCC1=O)C1CCC(CN2C(=O)CC(S)C2=O)CC1. The van der Waals surface area contributed by atoms with Crippen LogP contribution >= 0.6 is 12.6 Å². The van der Waals surface area contributed by atoms with Crippen LogP contribution < -0.4 is 0 Å². The Morgan fingerprint density at radius 3 is 2.12 bits per heavy atom. The van der Waals surface area contributed by atoms with Crippen molar-refractivity contribution in [2.24, 2.45) is 11.8 Å². The maximum atomic E-state index is 12.1. The highest BCUT2D eigenvalue weighted by atomic mass is 32.1. The topological polar surface area (TPSA) is 101 Å². The number of imide groups is 2. The predicted molar refractivity (Wildman–Crippen MR) is 86.7 cm³/mol. The maximum absolute atomic E-state index is 12.1. The molecule has 0 bridgehead atoms. The lowest BCUT2D eigenvalue weighted by Crippen LogP contribution is -2.38. The number of hydroxylamine groups is 2. The molecule has 9 heteroatoms. The van der Waals surface area contributed by atoms with Crippen molar-refractivity contribution in [2.75, 3.05) is 6.54 Å². The molecular weight excluding hydrogens is 348 g/mol. The molecule has 0 aromatic heterocycles. The van der Waals surface area contributed by atoms with Crippen LogP contribution in [-0.2, 0) is 28.8 Å². The molecule has 25 heavy (non-hydrogen) atoms. The molecule has 3 aliphatic rings. The van der Waals surface area contributed by atoms with Gasteiger partial charge in [0.1, 0.15) is 0 Å². The Labute approximate surface area is 150 Å². The van der Waals surface area contributed by atoms with Crippen molar-refractivity contribution >= 4 is 42.2 Å². The van der Waals surface area contributed by atoms with Gasteiger partial charge in [-0.2, -0.15) is 12.6 Å². The third kappa shape index (κ3) is 3.70. The van der Waals surface area contributed by atoms with Crippen molar-refractivity contribution in [3.05, 3.63) is 0 Å². The molecule has 0 N–H and O–H groups in total. The minimum Gasteiger partial charge on any atom is -0.330 e. The molecule has 2 aliphatic heterocycles. The summed E-state index contributed by atoms with van der Waals surface area (Å²) in [4.78, 5) is 65.1. The molecule has 3 rings (SSSR count). The summed E-state index contributed by atoms with van der Waals surface area (Å²) >= 11 is 4.10. The minimum absolute atomic E-state index is 0.0723. The first-order chi connectivity index (χ1) is 11.9. The fraction of sp³-hybridized carbons (Fsp3) is 0.688. The van der Waals surface area contributed by atoms with Gasteiger partial charge in [-0.1, -0.05) is 0 Å². The summed E-state index contributed by atoms with van der Waals surface area (Å²) in [6.07, 6.45) is 2.72. The standard InChI is InChI=1S/C16H20N2O6S/c19-12-5-6-13(20)18(12)24-16(23)10-3-1-9(2-4-10)8-17-14(21)7-11(25)15(17)22/h9-11,25H,1-8H2. The molecule has 8 nitrogen and oxygen atoms in total. The Bertz CT molecular complexity index is 612. The zero-order valence-corrected chi connectivity index (χ0v) is 14.6. The van der Waals surface area contributed by atoms with Crippen LogP contribution in [0.15, 0.2) is 0 Å². The van der Waals surface area contributed by atoms with Crippen molar-refractivity contribution < 1.29 is 28.8 Å². The average Bonchev–Trinajstić information content (AvgIpc) is 3.02. The van der Waals surface area contributed by atoms with Crippen LogP contribution in [0.3, 0.4) is 0 Å². The zero-order valence-electron chi connectivity index (χ0n) is 13.7.